The summed E-state index contributed by atoms with van der Waals surface area (Å²) >= 11 is 0. The fraction of sp³-hybridized carbons (Fsp3) is 0.0345. The highest BCUT2D eigenvalue weighted by Crippen LogP contribution is 2.44. The Morgan fingerprint density at radius 1 is 0.418 bits per heavy atom. The Morgan fingerprint density at radius 3 is 1.57 bits per heavy atom. The Hall–Kier alpha value is -9.08. The van der Waals surface area contributed by atoms with Gasteiger partial charge in [-0.2, -0.15) is 9.97 Å². The zero-order valence-electron chi connectivity index (χ0n) is 35.6. The Kier molecular flexibility index (Phi) is 7.43. The SMILES string of the molecule is C1=CC(n2c3ccccc3c3ccc4c5ccccc5n(-c5nc(-c6cccc7c6oc6ccccc67)nc(-c6cccc7c6oc6ccccc67)n5)c4c32)=CC(c2nc3ccccc3o2)C1. The molecule has 0 N–H and O–H groups in total. The third-order valence-corrected chi connectivity index (χ3v) is 13.5. The Bertz CT molecular complexity index is 4300. The minimum Gasteiger partial charge on any atom is -0.455 e. The first kappa shape index (κ1) is 36.3. The lowest BCUT2D eigenvalue weighted by molar-refractivity contribution is 0.505. The Labute approximate surface area is 380 Å². The molecular formula is C58H34N6O3. The van der Waals surface area contributed by atoms with Crippen LogP contribution in [-0.4, -0.2) is 29.1 Å². The van der Waals surface area contributed by atoms with Gasteiger partial charge in [0.25, 0.3) is 0 Å². The van der Waals surface area contributed by atoms with Gasteiger partial charge in [-0.1, -0.05) is 127 Å². The van der Waals surface area contributed by atoms with Crippen LogP contribution in [0, 0.1) is 0 Å². The highest BCUT2D eigenvalue weighted by Gasteiger charge is 2.27. The average Bonchev–Trinajstić information content (AvgIpc) is 4.21. The molecule has 67 heavy (non-hydrogen) atoms. The molecule has 0 spiro atoms. The van der Waals surface area contributed by atoms with E-state index < -0.39 is 0 Å². The van der Waals surface area contributed by atoms with Crippen molar-refractivity contribution in [2.24, 2.45) is 0 Å². The number of furan rings is 2. The number of para-hydroxylation sites is 8. The summed E-state index contributed by atoms with van der Waals surface area (Å²) in [5, 5.41) is 8.44. The second-order valence-corrected chi connectivity index (χ2v) is 17.3. The first-order chi connectivity index (χ1) is 33.2. The van der Waals surface area contributed by atoms with Gasteiger partial charge in [0.15, 0.2) is 17.2 Å². The predicted molar refractivity (Wildman–Crippen MR) is 267 cm³/mol. The lowest BCUT2D eigenvalue weighted by Crippen LogP contribution is -2.08. The number of rotatable bonds is 5. The van der Waals surface area contributed by atoms with Crippen molar-refractivity contribution in [3.63, 3.8) is 0 Å². The molecule has 8 aromatic carbocycles. The van der Waals surface area contributed by atoms with Gasteiger partial charge in [-0.15, -0.1) is 0 Å². The molecule has 6 heterocycles. The quantitative estimate of drug-likeness (QED) is 0.170. The molecule has 1 aliphatic rings. The van der Waals surface area contributed by atoms with Gasteiger partial charge in [0.1, 0.15) is 27.8 Å². The number of oxazole rings is 1. The summed E-state index contributed by atoms with van der Waals surface area (Å²) in [6, 6.07) is 58.2. The summed E-state index contributed by atoms with van der Waals surface area (Å²) in [5.74, 6) is 2.07. The highest BCUT2D eigenvalue weighted by atomic mass is 16.3. The second kappa shape index (κ2) is 13.7. The molecule has 0 bridgehead atoms. The van der Waals surface area contributed by atoms with E-state index in [9.17, 15) is 0 Å². The van der Waals surface area contributed by atoms with E-state index in [0.29, 0.717) is 34.7 Å². The maximum absolute atomic E-state index is 6.64. The zero-order valence-corrected chi connectivity index (χ0v) is 35.6. The van der Waals surface area contributed by atoms with Crippen molar-refractivity contribution < 1.29 is 13.3 Å². The fourth-order valence-corrected chi connectivity index (χ4v) is 10.6. The van der Waals surface area contributed by atoms with Crippen LogP contribution in [-0.2, 0) is 0 Å². The summed E-state index contributed by atoms with van der Waals surface area (Å²) in [6.07, 6.45) is 7.52. The van der Waals surface area contributed by atoms with Gasteiger partial charge in [-0.25, -0.2) is 9.97 Å². The molecule has 0 fully saturated rings. The first-order valence-corrected chi connectivity index (χ1v) is 22.5. The van der Waals surface area contributed by atoms with Gasteiger partial charge >= 0.3 is 0 Å². The molecule has 14 aromatic rings. The van der Waals surface area contributed by atoms with Crippen LogP contribution in [0.15, 0.2) is 201 Å². The third kappa shape index (κ3) is 5.25. The molecule has 9 nitrogen and oxygen atoms in total. The van der Waals surface area contributed by atoms with Crippen molar-refractivity contribution >= 4 is 104 Å². The van der Waals surface area contributed by atoms with E-state index in [4.69, 9.17) is 33.2 Å². The molecule has 1 aliphatic carbocycles. The van der Waals surface area contributed by atoms with Crippen molar-refractivity contribution in [2.75, 3.05) is 0 Å². The minimum atomic E-state index is -0.0655. The molecular weight excluding hydrogens is 829 g/mol. The van der Waals surface area contributed by atoms with Crippen molar-refractivity contribution in [3.05, 3.63) is 194 Å². The highest BCUT2D eigenvalue weighted by molar-refractivity contribution is 6.24. The van der Waals surface area contributed by atoms with Crippen molar-refractivity contribution in [3.8, 4) is 28.7 Å². The molecule has 0 amide bonds. The van der Waals surface area contributed by atoms with Gasteiger partial charge in [-0.05, 0) is 67.1 Å². The van der Waals surface area contributed by atoms with Gasteiger partial charge in [0.05, 0.1) is 39.1 Å². The van der Waals surface area contributed by atoms with Gasteiger partial charge < -0.3 is 17.8 Å². The molecule has 0 radical (unpaired) electrons. The molecule has 0 saturated heterocycles. The van der Waals surface area contributed by atoms with Gasteiger partial charge in [-0.3, -0.25) is 4.57 Å². The number of nitrogens with zero attached hydrogens (tertiary/aromatic N) is 6. The topological polar surface area (TPSA) is 101 Å². The van der Waals surface area contributed by atoms with E-state index in [1.165, 1.54) is 0 Å². The van der Waals surface area contributed by atoms with E-state index in [1.54, 1.807) is 0 Å². The van der Waals surface area contributed by atoms with E-state index >= 15 is 0 Å². The summed E-state index contributed by atoms with van der Waals surface area (Å²) in [5.41, 5.74) is 11.3. The second-order valence-electron chi connectivity index (χ2n) is 17.3. The average molecular weight is 863 g/mol. The molecule has 1 unspecified atom stereocenters. The molecule has 15 rings (SSSR count). The summed E-state index contributed by atoms with van der Waals surface area (Å²) in [4.78, 5) is 21.2. The molecule has 1 atom stereocenters. The molecule has 0 saturated carbocycles. The Morgan fingerprint density at radius 2 is 0.940 bits per heavy atom. The summed E-state index contributed by atoms with van der Waals surface area (Å²) in [6.45, 7) is 0. The third-order valence-electron chi connectivity index (χ3n) is 13.5. The molecule has 6 aromatic heterocycles. The summed E-state index contributed by atoms with van der Waals surface area (Å²) in [7, 11) is 0. The first-order valence-electron chi connectivity index (χ1n) is 22.5. The maximum atomic E-state index is 6.64. The van der Waals surface area contributed by atoms with Crippen LogP contribution in [0.4, 0.5) is 0 Å². The minimum absolute atomic E-state index is 0.0655. The van der Waals surface area contributed by atoms with Crippen LogP contribution < -0.4 is 0 Å². The summed E-state index contributed by atoms with van der Waals surface area (Å²) < 4.78 is 24.3. The van der Waals surface area contributed by atoms with Crippen LogP contribution in [0.1, 0.15) is 18.2 Å². The fourth-order valence-electron chi connectivity index (χ4n) is 10.6. The maximum Gasteiger partial charge on any atom is 0.238 e. The van der Waals surface area contributed by atoms with Crippen LogP contribution >= 0.6 is 0 Å². The molecule has 0 aliphatic heterocycles. The van der Waals surface area contributed by atoms with Crippen LogP contribution in [0.3, 0.4) is 0 Å². The van der Waals surface area contributed by atoms with Crippen molar-refractivity contribution in [1.29, 1.82) is 0 Å². The van der Waals surface area contributed by atoms with Gasteiger partial charge in [0, 0.05) is 48.8 Å². The number of aromatic nitrogens is 6. The van der Waals surface area contributed by atoms with Crippen LogP contribution in [0.5, 0.6) is 0 Å². The largest absolute Gasteiger partial charge is 0.455 e. The van der Waals surface area contributed by atoms with Gasteiger partial charge in [0.2, 0.25) is 11.8 Å². The number of fused-ring (bicyclic) bond motifs is 14. The normalized spacial score (nSPS) is 14.4. The smallest absolute Gasteiger partial charge is 0.238 e. The molecule has 9 heteroatoms. The number of allylic oxidation sites excluding steroid dienone is 4. The van der Waals surface area contributed by atoms with Crippen LogP contribution in [0.2, 0.25) is 0 Å². The number of benzene rings is 8. The van der Waals surface area contributed by atoms with Crippen LogP contribution in [0.25, 0.3) is 133 Å². The van der Waals surface area contributed by atoms with Crippen molar-refractivity contribution in [2.45, 2.75) is 12.3 Å². The number of hydrogen-bond acceptors (Lipinski definition) is 7. The van der Waals surface area contributed by atoms with E-state index in [-0.39, 0.29) is 5.92 Å². The lowest BCUT2D eigenvalue weighted by atomic mass is 9.99. The lowest BCUT2D eigenvalue weighted by Gasteiger charge is -2.18. The predicted octanol–water partition coefficient (Wildman–Crippen LogP) is 14.9. The van der Waals surface area contributed by atoms with Crippen molar-refractivity contribution in [1.82, 2.24) is 29.1 Å². The standard InChI is InChI=1S/C58H34N6O3/c1-6-25-46-35(16-1)39-30-31-40-36-17-2-7-26-47(36)64(52(40)51(39)63(46)34-15-11-14-33(32-34)57-59-45-24-5-10-29-50(45)67-57)58-61-55(43-22-12-20-41-37-18-3-8-27-48(37)65-53(41)43)60-56(62-58)44-23-13-21-42-38-19-4-9-28-49(38)66-54(42)44/h1-13,15-33H,14H2. The van der Waals surface area contributed by atoms with E-state index in [0.717, 1.165) is 111 Å². The Balaban J connectivity index is 1.05. The monoisotopic (exact) mass is 862 g/mol. The zero-order chi connectivity index (χ0) is 43.7. The van der Waals surface area contributed by atoms with E-state index in [2.05, 4.69) is 112 Å². The molecule has 314 valence electrons. The number of hydrogen-bond donors (Lipinski definition) is 0. The van der Waals surface area contributed by atoms with E-state index in [1.807, 2.05) is 84.9 Å².